The molecule has 0 bridgehead atoms. The zero-order chi connectivity index (χ0) is 13.0. The van der Waals surface area contributed by atoms with Crippen LogP contribution >= 0.6 is 0 Å². The molecule has 1 fully saturated rings. The summed E-state index contributed by atoms with van der Waals surface area (Å²) in [7, 11) is 0. The number of hydrogen-bond donors (Lipinski definition) is 1. The minimum absolute atomic E-state index is 0.169. The van der Waals surface area contributed by atoms with Crippen LogP contribution in [0.1, 0.15) is 32.3 Å². The topological polar surface area (TPSA) is 30.5 Å². The maximum Gasteiger partial charge on any atom is 0.163 e. The molecular formula is C15H23NO2. The van der Waals surface area contributed by atoms with E-state index in [1.807, 2.05) is 13.8 Å². The Hall–Kier alpha value is -0.900. The maximum atomic E-state index is 5.75. The SMILES string of the molecule is CC(CNCC1COC(C)(C)O1)c1ccccc1. The summed E-state index contributed by atoms with van der Waals surface area (Å²) in [6.07, 6.45) is 0.169. The first kappa shape index (κ1) is 13.5. The zero-order valence-electron chi connectivity index (χ0n) is 11.5. The summed E-state index contributed by atoms with van der Waals surface area (Å²) in [6, 6.07) is 10.6. The van der Waals surface area contributed by atoms with E-state index in [1.165, 1.54) is 5.56 Å². The number of nitrogens with one attached hydrogen (secondary N) is 1. The maximum absolute atomic E-state index is 5.75. The van der Waals surface area contributed by atoms with Crippen LogP contribution in [-0.4, -0.2) is 31.6 Å². The predicted molar refractivity (Wildman–Crippen MR) is 72.6 cm³/mol. The Morgan fingerprint density at radius 2 is 2.06 bits per heavy atom. The van der Waals surface area contributed by atoms with E-state index in [-0.39, 0.29) is 6.10 Å². The van der Waals surface area contributed by atoms with Crippen LogP contribution in [0.5, 0.6) is 0 Å². The van der Waals surface area contributed by atoms with E-state index in [4.69, 9.17) is 9.47 Å². The molecule has 1 aliphatic heterocycles. The molecule has 2 rings (SSSR count). The summed E-state index contributed by atoms with van der Waals surface area (Å²) in [5.74, 6) is 0.0961. The summed E-state index contributed by atoms with van der Waals surface area (Å²) in [5, 5.41) is 3.46. The standard InChI is InChI=1S/C15H23NO2/c1-12(13-7-5-4-6-8-13)9-16-10-14-11-17-15(2,3)18-14/h4-8,12,14,16H,9-11H2,1-3H3. The second-order valence-corrected chi connectivity index (χ2v) is 5.42. The molecule has 0 aromatic heterocycles. The molecule has 1 heterocycles. The lowest BCUT2D eigenvalue weighted by atomic mass is 10.0. The van der Waals surface area contributed by atoms with Gasteiger partial charge in [0, 0.05) is 13.1 Å². The van der Waals surface area contributed by atoms with E-state index in [9.17, 15) is 0 Å². The Morgan fingerprint density at radius 1 is 1.33 bits per heavy atom. The van der Waals surface area contributed by atoms with Crippen molar-refractivity contribution < 1.29 is 9.47 Å². The first-order chi connectivity index (χ1) is 8.57. The molecule has 1 aromatic carbocycles. The van der Waals surface area contributed by atoms with Crippen molar-refractivity contribution in [1.29, 1.82) is 0 Å². The van der Waals surface area contributed by atoms with Gasteiger partial charge in [-0.25, -0.2) is 0 Å². The predicted octanol–water partition coefficient (Wildman–Crippen LogP) is 2.53. The number of hydrogen-bond acceptors (Lipinski definition) is 3. The molecule has 1 saturated heterocycles. The summed E-state index contributed by atoms with van der Waals surface area (Å²) in [5.41, 5.74) is 1.37. The molecule has 2 atom stereocenters. The third-order valence-corrected chi connectivity index (χ3v) is 3.26. The van der Waals surface area contributed by atoms with E-state index in [0.29, 0.717) is 12.5 Å². The van der Waals surface area contributed by atoms with Gasteiger partial charge in [0.1, 0.15) is 0 Å². The number of rotatable bonds is 5. The van der Waals surface area contributed by atoms with Crippen LogP contribution in [0.25, 0.3) is 0 Å². The first-order valence-corrected chi connectivity index (χ1v) is 6.64. The largest absolute Gasteiger partial charge is 0.348 e. The number of ether oxygens (including phenoxy) is 2. The highest BCUT2D eigenvalue weighted by atomic mass is 16.7. The van der Waals surface area contributed by atoms with E-state index in [2.05, 4.69) is 42.6 Å². The smallest absolute Gasteiger partial charge is 0.163 e. The van der Waals surface area contributed by atoms with Gasteiger partial charge in [-0.15, -0.1) is 0 Å². The quantitative estimate of drug-likeness (QED) is 0.870. The molecule has 1 aliphatic rings. The molecule has 2 unspecified atom stereocenters. The van der Waals surface area contributed by atoms with Gasteiger partial charge in [0.25, 0.3) is 0 Å². The molecule has 0 spiro atoms. The molecule has 0 amide bonds. The summed E-state index contributed by atoms with van der Waals surface area (Å²) >= 11 is 0. The monoisotopic (exact) mass is 249 g/mol. The van der Waals surface area contributed by atoms with Gasteiger partial charge >= 0.3 is 0 Å². The summed E-state index contributed by atoms with van der Waals surface area (Å²) < 4.78 is 11.3. The Labute approximate surface area is 109 Å². The average Bonchev–Trinajstić information content (AvgIpc) is 2.70. The van der Waals surface area contributed by atoms with Crippen molar-refractivity contribution in [2.24, 2.45) is 0 Å². The van der Waals surface area contributed by atoms with Crippen LogP contribution < -0.4 is 5.32 Å². The van der Waals surface area contributed by atoms with Crippen LogP contribution in [-0.2, 0) is 9.47 Å². The second kappa shape index (κ2) is 5.83. The van der Waals surface area contributed by atoms with Gasteiger partial charge in [-0.05, 0) is 25.3 Å². The van der Waals surface area contributed by atoms with Crippen LogP contribution in [0.2, 0.25) is 0 Å². The fraction of sp³-hybridized carbons (Fsp3) is 0.600. The second-order valence-electron chi connectivity index (χ2n) is 5.42. The lowest BCUT2D eigenvalue weighted by molar-refractivity contribution is -0.137. The van der Waals surface area contributed by atoms with E-state index in [1.54, 1.807) is 0 Å². The van der Waals surface area contributed by atoms with Gasteiger partial charge in [-0.2, -0.15) is 0 Å². The molecular weight excluding hydrogens is 226 g/mol. The Kier molecular flexibility index (Phi) is 4.38. The van der Waals surface area contributed by atoms with Crippen molar-refractivity contribution in [3.63, 3.8) is 0 Å². The zero-order valence-corrected chi connectivity index (χ0v) is 11.5. The van der Waals surface area contributed by atoms with Gasteiger partial charge in [0.2, 0.25) is 0 Å². The van der Waals surface area contributed by atoms with Gasteiger partial charge in [-0.1, -0.05) is 37.3 Å². The molecule has 18 heavy (non-hydrogen) atoms. The van der Waals surface area contributed by atoms with Crippen molar-refractivity contribution in [2.75, 3.05) is 19.7 Å². The molecule has 0 saturated carbocycles. The van der Waals surface area contributed by atoms with E-state index < -0.39 is 5.79 Å². The van der Waals surface area contributed by atoms with Crippen molar-refractivity contribution in [2.45, 2.75) is 38.6 Å². The minimum atomic E-state index is -0.419. The average molecular weight is 249 g/mol. The van der Waals surface area contributed by atoms with E-state index >= 15 is 0 Å². The van der Waals surface area contributed by atoms with Crippen LogP contribution in [0.15, 0.2) is 30.3 Å². The highest BCUT2D eigenvalue weighted by Gasteiger charge is 2.32. The van der Waals surface area contributed by atoms with Gasteiger partial charge < -0.3 is 14.8 Å². The van der Waals surface area contributed by atoms with Crippen molar-refractivity contribution >= 4 is 0 Å². The molecule has 0 aliphatic carbocycles. The number of benzene rings is 1. The molecule has 1 N–H and O–H groups in total. The molecule has 3 heteroatoms. The lowest BCUT2D eigenvalue weighted by Crippen LogP contribution is -2.32. The highest BCUT2D eigenvalue weighted by molar-refractivity contribution is 5.18. The Bertz CT molecular complexity index is 364. The van der Waals surface area contributed by atoms with Crippen LogP contribution in [0.3, 0.4) is 0 Å². The fourth-order valence-electron chi connectivity index (χ4n) is 2.22. The van der Waals surface area contributed by atoms with E-state index in [0.717, 1.165) is 13.1 Å². The highest BCUT2D eigenvalue weighted by Crippen LogP contribution is 2.21. The summed E-state index contributed by atoms with van der Waals surface area (Å²) in [6.45, 7) is 8.64. The van der Waals surface area contributed by atoms with Crippen LogP contribution in [0.4, 0.5) is 0 Å². The molecule has 3 nitrogen and oxygen atoms in total. The first-order valence-electron chi connectivity index (χ1n) is 6.64. The molecule has 1 aromatic rings. The Morgan fingerprint density at radius 3 is 2.67 bits per heavy atom. The normalized spacial score (nSPS) is 24.1. The van der Waals surface area contributed by atoms with Gasteiger partial charge in [0.05, 0.1) is 12.7 Å². The third kappa shape index (κ3) is 3.80. The Balaban J connectivity index is 1.70. The lowest BCUT2D eigenvalue weighted by Gasteiger charge is -2.18. The molecule has 100 valence electrons. The minimum Gasteiger partial charge on any atom is -0.348 e. The van der Waals surface area contributed by atoms with Crippen LogP contribution in [0, 0.1) is 0 Å². The van der Waals surface area contributed by atoms with Crippen molar-refractivity contribution in [1.82, 2.24) is 5.32 Å². The van der Waals surface area contributed by atoms with Crippen molar-refractivity contribution in [3.8, 4) is 0 Å². The van der Waals surface area contributed by atoms with Crippen molar-refractivity contribution in [3.05, 3.63) is 35.9 Å². The fourth-order valence-corrected chi connectivity index (χ4v) is 2.22. The summed E-state index contributed by atoms with van der Waals surface area (Å²) in [4.78, 5) is 0. The third-order valence-electron chi connectivity index (χ3n) is 3.26. The van der Waals surface area contributed by atoms with Gasteiger partial charge in [0.15, 0.2) is 5.79 Å². The van der Waals surface area contributed by atoms with Gasteiger partial charge in [-0.3, -0.25) is 0 Å². The molecule has 0 radical (unpaired) electrons.